The highest BCUT2D eigenvalue weighted by Crippen LogP contribution is 2.44. The van der Waals surface area contributed by atoms with Gasteiger partial charge in [-0.3, -0.25) is 14.8 Å². The molecule has 2 aliphatic heterocycles. The molecule has 2 fully saturated rings. The molecule has 0 spiro atoms. The molecule has 4 aromatic carbocycles. The van der Waals surface area contributed by atoms with Gasteiger partial charge in [0.25, 0.3) is 15.9 Å². The van der Waals surface area contributed by atoms with Crippen LogP contribution >= 0.6 is 11.6 Å². The van der Waals surface area contributed by atoms with Gasteiger partial charge in [-0.05, 0) is 90.4 Å². The van der Waals surface area contributed by atoms with Crippen LogP contribution < -0.4 is 19.1 Å². The minimum Gasteiger partial charge on any atom is -0.490 e. The largest absolute Gasteiger partial charge is 0.490 e. The smallest absolute Gasteiger partial charge is 0.420 e. The summed E-state index contributed by atoms with van der Waals surface area (Å²) in [6.45, 7) is 7.82. The van der Waals surface area contributed by atoms with E-state index < -0.39 is 50.6 Å². The van der Waals surface area contributed by atoms with Crippen molar-refractivity contribution in [2.24, 2.45) is 5.41 Å². The van der Waals surface area contributed by atoms with Gasteiger partial charge in [0.05, 0.1) is 33.1 Å². The minimum atomic E-state index is -5.06. The number of sulfonamides is 1. The molecule has 0 atom stereocenters. The molecule has 2 saturated heterocycles. The van der Waals surface area contributed by atoms with E-state index >= 15 is 4.39 Å². The number of allylic oxidation sites excluding steroid dienone is 1. The Balaban J connectivity index is 1.02. The molecule has 11 nitrogen and oxygen atoms in total. The third kappa shape index (κ3) is 10.3. The third-order valence-electron chi connectivity index (χ3n) is 12.1. The third-order valence-corrected chi connectivity index (χ3v) is 13.7. The highest BCUT2D eigenvalue weighted by molar-refractivity contribution is 7.90. The normalized spacial score (nSPS) is 18.4. The number of carbonyl (C=O) groups is 1. The van der Waals surface area contributed by atoms with Crippen LogP contribution in [-0.2, 0) is 20.9 Å². The van der Waals surface area contributed by atoms with Crippen LogP contribution in [0.4, 0.5) is 23.2 Å². The fraction of sp³-hybridized carbons (Fsp3) is 0.391. The molecule has 0 saturated carbocycles. The number of H-pyrrole nitrogens is 1. The van der Waals surface area contributed by atoms with E-state index in [4.69, 9.17) is 25.8 Å². The van der Waals surface area contributed by atoms with Crippen LogP contribution in [0, 0.1) is 5.41 Å². The Morgan fingerprint density at radius 3 is 2.41 bits per heavy atom. The number of hydrogen-bond donors (Lipinski definition) is 2. The van der Waals surface area contributed by atoms with Crippen LogP contribution in [0.1, 0.15) is 67.4 Å². The number of nitrogens with one attached hydrogen (secondary N) is 2. The number of aromatic amines is 1. The second kappa shape index (κ2) is 17.8. The number of nitrogens with zero attached hydrogens (tertiary/aromatic N) is 3. The number of ether oxygens (including phenoxy) is 3. The zero-order valence-corrected chi connectivity index (χ0v) is 36.4. The number of aromatic nitrogens is 2. The number of rotatable bonds is 12. The van der Waals surface area contributed by atoms with Gasteiger partial charge in [0.15, 0.2) is 0 Å². The number of amides is 1. The Morgan fingerprint density at radius 2 is 1.68 bits per heavy atom. The van der Waals surface area contributed by atoms with E-state index in [1.54, 1.807) is 36.5 Å². The summed E-state index contributed by atoms with van der Waals surface area (Å²) in [5, 5.41) is 8.26. The van der Waals surface area contributed by atoms with E-state index in [1.807, 2.05) is 16.9 Å². The van der Waals surface area contributed by atoms with Crippen molar-refractivity contribution in [3.63, 3.8) is 0 Å². The van der Waals surface area contributed by atoms with Crippen LogP contribution in [0.15, 0.2) is 95.5 Å². The van der Waals surface area contributed by atoms with Crippen molar-refractivity contribution in [1.29, 1.82) is 0 Å². The lowest BCUT2D eigenvalue weighted by atomic mass is 9.72. The van der Waals surface area contributed by atoms with Crippen LogP contribution in [-0.4, -0.2) is 87.6 Å². The monoisotopic (exact) mass is 909 g/mol. The maximum Gasteiger partial charge on any atom is 0.420 e. The van der Waals surface area contributed by atoms with Crippen molar-refractivity contribution < 1.29 is 45.0 Å². The van der Waals surface area contributed by atoms with Crippen molar-refractivity contribution in [3.05, 3.63) is 112 Å². The molecule has 8 rings (SSSR count). The first kappa shape index (κ1) is 44.4. The van der Waals surface area contributed by atoms with Crippen molar-refractivity contribution in [2.75, 3.05) is 57.4 Å². The van der Waals surface area contributed by atoms with Gasteiger partial charge in [0.2, 0.25) is 0 Å². The van der Waals surface area contributed by atoms with Crippen LogP contribution in [0.25, 0.3) is 16.5 Å². The Bertz CT molecular complexity index is 2620. The number of piperazine rings is 1. The number of benzene rings is 4. The van der Waals surface area contributed by atoms with Gasteiger partial charge < -0.3 is 19.1 Å². The Labute approximate surface area is 368 Å². The SMILES string of the molecule is CC1(C)CCC(CN2CCN(c3ccc(C(=O)NS(=O)(=O)c4ccc(OCC5(F)CCOCC5)c(C(F)(F)F)c4)c(Oc4cccc5[nH]ncc45)c3)CC2)=C(c2ccc(Cl)cc2)C1. The van der Waals surface area contributed by atoms with Gasteiger partial charge in [0, 0.05) is 75.6 Å². The van der Waals surface area contributed by atoms with Crippen molar-refractivity contribution in [3.8, 4) is 17.2 Å². The molecule has 2 N–H and O–H groups in total. The van der Waals surface area contributed by atoms with E-state index in [9.17, 15) is 26.4 Å². The average molecular weight is 910 g/mol. The second-order valence-corrected chi connectivity index (χ2v) is 19.3. The van der Waals surface area contributed by atoms with Crippen LogP contribution in [0.2, 0.25) is 5.02 Å². The quantitative estimate of drug-likeness (QED) is 0.118. The maximum absolute atomic E-state index is 15.2. The van der Waals surface area contributed by atoms with Gasteiger partial charge in [-0.1, -0.05) is 49.2 Å². The van der Waals surface area contributed by atoms with Crippen molar-refractivity contribution in [2.45, 2.75) is 62.7 Å². The number of anilines is 1. The molecular formula is C46H48ClF4N5O6S. The molecule has 0 radical (unpaired) electrons. The molecule has 1 amide bonds. The van der Waals surface area contributed by atoms with Gasteiger partial charge in [-0.15, -0.1) is 0 Å². The first-order chi connectivity index (χ1) is 30.0. The molecule has 0 bridgehead atoms. The highest BCUT2D eigenvalue weighted by Gasteiger charge is 2.39. The summed E-state index contributed by atoms with van der Waals surface area (Å²) in [7, 11) is -4.89. The molecule has 17 heteroatoms. The Hall–Kier alpha value is -5.16. The average Bonchev–Trinajstić information content (AvgIpc) is 3.74. The predicted molar refractivity (Wildman–Crippen MR) is 233 cm³/mol. The van der Waals surface area contributed by atoms with Crippen LogP contribution in [0.3, 0.4) is 0 Å². The first-order valence-electron chi connectivity index (χ1n) is 20.8. The first-order valence-corrected chi connectivity index (χ1v) is 22.7. The predicted octanol–water partition coefficient (Wildman–Crippen LogP) is 9.83. The summed E-state index contributed by atoms with van der Waals surface area (Å²) >= 11 is 6.22. The summed E-state index contributed by atoms with van der Waals surface area (Å²) in [5.41, 5.74) is 2.07. The molecule has 63 heavy (non-hydrogen) atoms. The summed E-state index contributed by atoms with van der Waals surface area (Å²) in [6.07, 6.45) is -0.530. The van der Waals surface area contributed by atoms with E-state index in [1.165, 1.54) is 22.8 Å². The Kier molecular flexibility index (Phi) is 12.5. The molecule has 1 aromatic heterocycles. The highest BCUT2D eigenvalue weighted by atomic mass is 35.5. The fourth-order valence-corrected chi connectivity index (χ4v) is 9.49. The van der Waals surface area contributed by atoms with Crippen molar-refractivity contribution >= 4 is 49.7 Å². The summed E-state index contributed by atoms with van der Waals surface area (Å²) in [5.74, 6) is -1.52. The molecule has 3 aliphatic rings. The molecular weight excluding hydrogens is 862 g/mol. The zero-order valence-electron chi connectivity index (χ0n) is 34.9. The number of alkyl halides is 4. The van der Waals surface area contributed by atoms with Gasteiger partial charge in [-0.2, -0.15) is 18.3 Å². The second-order valence-electron chi connectivity index (χ2n) is 17.2. The Morgan fingerprint density at radius 1 is 0.937 bits per heavy atom. The van der Waals surface area contributed by atoms with Crippen LogP contribution in [0.5, 0.6) is 17.2 Å². The maximum atomic E-state index is 15.2. The lowest BCUT2D eigenvalue weighted by Crippen LogP contribution is -2.47. The van der Waals surface area contributed by atoms with E-state index in [-0.39, 0.29) is 42.8 Å². The minimum absolute atomic E-state index is 0.0203. The van der Waals surface area contributed by atoms with E-state index in [2.05, 4.69) is 46.0 Å². The van der Waals surface area contributed by atoms with E-state index in [0.29, 0.717) is 40.8 Å². The summed E-state index contributed by atoms with van der Waals surface area (Å²) in [4.78, 5) is 17.7. The van der Waals surface area contributed by atoms with Gasteiger partial charge >= 0.3 is 6.18 Å². The molecule has 1 aliphatic carbocycles. The summed E-state index contributed by atoms with van der Waals surface area (Å²) < 4.78 is 104. The number of hydrogen-bond acceptors (Lipinski definition) is 9. The van der Waals surface area contributed by atoms with Crippen molar-refractivity contribution in [1.82, 2.24) is 19.8 Å². The molecule has 334 valence electrons. The van der Waals surface area contributed by atoms with Gasteiger partial charge in [0.1, 0.15) is 29.5 Å². The van der Waals surface area contributed by atoms with Gasteiger partial charge in [-0.25, -0.2) is 17.5 Å². The molecule has 5 aromatic rings. The lowest BCUT2D eigenvalue weighted by molar-refractivity contribution is -0.139. The topological polar surface area (TPSA) is 126 Å². The lowest BCUT2D eigenvalue weighted by Gasteiger charge is -2.39. The number of fused-ring (bicyclic) bond motifs is 1. The molecule has 0 unspecified atom stereocenters. The number of carbonyl (C=O) groups excluding carboxylic acids is 1. The molecule has 3 heterocycles. The standard InChI is InChI=1S/C46H48ClF4N5O6S/c1-44(2)15-14-31(36(26-44)30-6-8-32(47)9-7-30)28-55-18-20-56(21-19-55)33-10-12-35(42(24-33)62-40-5-3-4-39-37(40)27-52-53-39)43(57)54-63(58,59)34-11-13-41(38(25-34)46(49,50)51)61-29-45(48)16-22-60-23-17-45/h3-13,24-25,27H,14-23,26,28-29H2,1-2H3,(H,52,53)(H,54,57). The summed E-state index contributed by atoms with van der Waals surface area (Å²) in [6, 6.07) is 20.1. The van der Waals surface area contributed by atoms with E-state index in [0.717, 1.165) is 56.7 Å². The zero-order chi connectivity index (χ0) is 44.6. The fourth-order valence-electron chi connectivity index (χ4n) is 8.37. The number of halogens is 5.